The zero-order valence-corrected chi connectivity index (χ0v) is 12.5. The van der Waals surface area contributed by atoms with E-state index >= 15 is 0 Å². The molecule has 0 unspecified atom stereocenters. The van der Waals surface area contributed by atoms with E-state index in [-0.39, 0.29) is 28.5 Å². The van der Waals surface area contributed by atoms with Gasteiger partial charge in [0, 0.05) is 6.07 Å². The van der Waals surface area contributed by atoms with E-state index in [2.05, 4.69) is 4.74 Å². The van der Waals surface area contributed by atoms with Crippen LogP contribution >= 0.6 is 11.6 Å². The van der Waals surface area contributed by atoms with E-state index < -0.39 is 23.9 Å². The first-order chi connectivity index (χ1) is 11.1. The van der Waals surface area contributed by atoms with Crippen LogP contribution in [0.4, 0.5) is 17.6 Å². The van der Waals surface area contributed by atoms with Crippen molar-refractivity contribution in [2.45, 2.75) is 13.0 Å². The predicted octanol–water partition coefficient (Wildman–Crippen LogP) is 4.65. The monoisotopic (exact) mass is 364 g/mol. The minimum absolute atomic E-state index is 0.0346. The third-order valence-corrected chi connectivity index (χ3v) is 3.03. The van der Waals surface area contributed by atoms with Crippen LogP contribution < -0.4 is 9.47 Å². The Hall–Kier alpha value is -2.48. The van der Waals surface area contributed by atoms with Crippen LogP contribution in [0.2, 0.25) is 5.02 Å². The van der Waals surface area contributed by atoms with E-state index in [1.807, 2.05) is 0 Å². The molecule has 0 amide bonds. The largest absolute Gasteiger partial charge is 0.573 e. The standard InChI is InChI=1S/C15H9ClF4O4/c16-12-6-11(24-15(18,19)20)1-2-13(12)23-7-8-3-9(14(21)22)5-10(17)4-8/h1-6H,7H2,(H,21,22). The van der Waals surface area contributed by atoms with Crippen molar-refractivity contribution < 1.29 is 36.9 Å². The molecule has 0 heterocycles. The molecule has 4 nitrogen and oxygen atoms in total. The minimum Gasteiger partial charge on any atom is -0.487 e. The first kappa shape index (κ1) is 17.9. The molecule has 0 bridgehead atoms. The van der Waals surface area contributed by atoms with Gasteiger partial charge in [-0.3, -0.25) is 0 Å². The second kappa shape index (κ2) is 6.96. The van der Waals surface area contributed by atoms with Crippen LogP contribution in [-0.2, 0) is 6.61 Å². The van der Waals surface area contributed by atoms with Gasteiger partial charge in [0.05, 0.1) is 10.6 Å². The zero-order valence-electron chi connectivity index (χ0n) is 11.7. The molecule has 0 aliphatic rings. The Kier molecular flexibility index (Phi) is 5.18. The van der Waals surface area contributed by atoms with Gasteiger partial charge in [0.25, 0.3) is 0 Å². The molecule has 24 heavy (non-hydrogen) atoms. The number of ether oxygens (including phenoxy) is 2. The second-order valence-corrected chi connectivity index (χ2v) is 4.99. The Morgan fingerprint density at radius 3 is 2.46 bits per heavy atom. The van der Waals surface area contributed by atoms with Gasteiger partial charge < -0.3 is 14.6 Å². The maximum absolute atomic E-state index is 13.3. The van der Waals surface area contributed by atoms with Crippen molar-refractivity contribution in [3.63, 3.8) is 0 Å². The number of carboxylic acid groups (broad SMARTS) is 1. The molecule has 1 N–H and O–H groups in total. The number of hydrogen-bond acceptors (Lipinski definition) is 3. The Balaban J connectivity index is 2.11. The Labute approximate surface area is 138 Å². The lowest BCUT2D eigenvalue weighted by atomic mass is 10.1. The topological polar surface area (TPSA) is 55.8 Å². The van der Waals surface area contributed by atoms with Crippen molar-refractivity contribution >= 4 is 17.6 Å². The number of rotatable bonds is 5. The third kappa shape index (κ3) is 5.02. The third-order valence-electron chi connectivity index (χ3n) is 2.74. The predicted molar refractivity (Wildman–Crippen MR) is 75.8 cm³/mol. The molecule has 0 spiro atoms. The molecular formula is C15H9ClF4O4. The lowest BCUT2D eigenvalue weighted by Gasteiger charge is -2.12. The Bertz CT molecular complexity index is 762. The Morgan fingerprint density at radius 2 is 1.88 bits per heavy atom. The molecule has 2 rings (SSSR count). The molecule has 0 aliphatic heterocycles. The molecule has 0 radical (unpaired) electrons. The number of carboxylic acids is 1. The van der Waals surface area contributed by atoms with E-state index in [1.165, 1.54) is 6.07 Å². The summed E-state index contributed by atoms with van der Waals surface area (Å²) in [6.07, 6.45) is -4.85. The summed E-state index contributed by atoms with van der Waals surface area (Å²) in [5.41, 5.74) is -0.0345. The van der Waals surface area contributed by atoms with Gasteiger partial charge in [0.1, 0.15) is 23.9 Å². The van der Waals surface area contributed by atoms with Crippen LogP contribution in [0.25, 0.3) is 0 Å². The average Bonchev–Trinajstić information content (AvgIpc) is 2.44. The summed E-state index contributed by atoms with van der Waals surface area (Å²) in [5, 5.41) is 8.71. The maximum Gasteiger partial charge on any atom is 0.573 e. The summed E-state index contributed by atoms with van der Waals surface area (Å²) in [5.74, 6) is -2.54. The fourth-order valence-corrected chi connectivity index (χ4v) is 2.04. The molecule has 128 valence electrons. The molecule has 9 heteroatoms. The molecule has 0 aromatic heterocycles. The van der Waals surface area contributed by atoms with Gasteiger partial charge in [-0.05, 0) is 35.9 Å². The number of alkyl halides is 3. The van der Waals surface area contributed by atoms with Crippen LogP contribution in [0.1, 0.15) is 15.9 Å². The first-order valence-corrected chi connectivity index (χ1v) is 6.73. The highest BCUT2D eigenvalue weighted by Crippen LogP contribution is 2.32. The molecule has 2 aromatic carbocycles. The quantitative estimate of drug-likeness (QED) is 0.784. The molecule has 0 aliphatic carbocycles. The normalized spacial score (nSPS) is 11.2. The van der Waals surface area contributed by atoms with Crippen LogP contribution in [0.5, 0.6) is 11.5 Å². The van der Waals surface area contributed by atoms with Crippen molar-refractivity contribution in [3.05, 3.63) is 58.4 Å². The van der Waals surface area contributed by atoms with Gasteiger partial charge in [-0.2, -0.15) is 0 Å². The van der Waals surface area contributed by atoms with Gasteiger partial charge in [0.2, 0.25) is 0 Å². The van der Waals surface area contributed by atoms with E-state index in [1.54, 1.807) is 0 Å². The van der Waals surface area contributed by atoms with Crippen LogP contribution in [0, 0.1) is 5.82 Å². The Morgan fingerprint density at radius 1 is 1.17 bits per heavy atom. The van der Waals surface area contributed by atoms with Crippen molar-refractivity contribution in [2.75, 3.05) is 0 Å². The fraction of sp³-hybridized carbons (Fsp3) is 0.133. The minimum atomic E-state index is -4.85. The summed E-state index contributed by atoms with van der Waals surface area (Å²) in [7, 11) is 0. The lowest BCUT2D eigenvalue weighted by molar-refractivity contribution is -0.274. The molecule has 2 aromatic rings. The smallest absolute Gasteiger partial charge is 0.487 e. The summed E-state index contributed by atoms with van der Waals surface area (Å²) in [6.45, 7) is -0.225. The van der Waals surface area contributed by atoms with Gasteiger partial charge in [-0.1, -0.05) is 11.6 Å². The fourth-order valence-electron chi connectivity index (χ4n) is 1.81. The molecular weight excluding hydrogens is 356 g/mol. The number of benzene rings is 2. The number of hydrogen-bond donors (Lipinski definition) is 1. The van der Waals surface area contributed by atoms with Gasteiger partial charge in [-0.15, -0.1) is 13.2 Å². The zero-order chi connectivity index (χ0) is 17.9. The number of carbonyl (C=O) groups is 1. The second-order valence-electron chi connectivity index (χ2n) is 4.58. The van der Waals surface area contributed by atoms with Crippen molar-refractivity contribution in [1.82, 2.24) is 0 Å². The van der Waals surface area contributed by atoms with E-state index in [4.69, 9.17) is 21.4 Å². The number of halogens is 5. The molecule has 0 fully saturated rings. The summed E-state index contributed by atoms with van der Waals surface area (Å²) < 4.78 is 58.6. The molecule has 0 atom stereocenters. The van der Waals surface area contributed by atoms with Crippen molar-refractivity contribution in [1.29, 1.82) is 0 Å². The van der Waals surface area contributed by atoms with Crippen molar-refractivity contribution in [2.24, 2.45) is 0 Å². The maximum atomic E-state index is 13.3. The SMILES string of the molecule is O=C(O)c1cc(F)cc(COc2ccc(OC(F)(F)F)cc2Cl)c1. The van der Waals surface area contributed by atoms with Crippen LogP contribution in [0.3, 0.4) is 0 Å². The van der Waals surface area contributed by atoms with E-state index in [9.17, 15) is 22.4 Å². The summed E-state index contributed by atoms with van der Waals surface area (Å²) in [4.78, 5) is 10.9. The molecule has 0 saturated heterocycles. The van der Waals surface area contributed by atoms with Gasteiger partial charge >= 0.3 is 12.3 Å². The van der Waals surface area contributed by atoms with Crippen molar-refractivity contribution in [3.8, 4) is 11.5 Å². The average molecular weight is 365 g/mol. The highest BCUT2D eigenvalue weighted by molar-refractivity contribution is 6.32. The first-order valence-electron chi connectivity index (χ1n) is 6.35. The van der Waals surface area contributed by atoms with E-state index in [0.29, 0.717) is 0 Å². The van der Waals surface area contributed by atoms with Crippen LogP contribution in [0.15, 0.2) is 36.4 Å². The lowest BCUT2D eigenvalue weighted by Crippen LogP contribution is -2.17. The van der Waals surface area contributed by atoms with E-state index in [0.717, 1.165) is 30.3 Å². The highest BCUT2D eigenvalue weighted by atomic mass is 35.5. The van der Waals surface area contributed by atoms with Crippen LogP contribution in [-0.4, -0.2) is 17.4 Å². The highest BCUT2D eigenvalue weighted by Gasteiger charge is 2.31. The van der Waals surface area contributed by atoms with Gasteiger partial charge in [-0.25, -0.2) is 9.18 Å². The summed E-state index contributed by atoms with van der Waals surface area (Å²) >= 11 is 5.80. The summed E-state index contributed by atoms with van der Waals surface area (Å²) in [6, 6.07) is 6.20. The molecule has 0 saturated carbocycles. The van der Waals surface area contributed by atoms with Gasteiger partial charge in [0.15, 0.2) is 0 Å². The number of aromatic carboxylic acids is 1.